The van der Waals surface area contributed by atoms with Crippen LogP contribution >= 0.6 is 0 Å². The van der Waals surface area contributed by atoms with Gasteiger partial charge in [0.1, 0.15) is 11.7 Å². The molecule has 9 heteroatoms. The smallest absolute Gasteiger partial charge is 0.275 e. The Morgan fingerprint density at radius 1 is 1.36 bits per heavy atom. The maximum absolute atomic E-state index is 13.5. The molecule has 1 amide bonds. The maximum Gasteiger partial charge on any atom is 0.275 e. The number of anilines is 2. The number of hydrogen-bond donors (Lipinski definition) is 2. The Hall–Kier alpha value is -3.49. The Labute approximate surface area is 159 Å². The molecule has 0 radical (unpaired) electrons. The Morgan fingerprint density at radius 2 is 2.25 bits per heavy atom. The van der Waals surface area contributed by atoms with Gasteiger partial charge in [0.05, 0.1) is 17.6 Å². The summed E-state index contributed by atoms with van der Waals surface area (Å²) in [6.45, 7) is 0.562. The first-order chi connectivity index (χ1) is 13.6. The summed E-state index contributed by atoms with van der Waals surface area (Å²) in [5.41, 5.74) is 3.55. The topological polar surface area (TPSA) is 91.7 Å². The first kappa shape index (κ1) is 16.7. The van der Waals surface area contributed by atoms with Crippen LogP contribution in [-0.4, -0.2) is 55.0 Å². The largest absolute Gasteiger partial charge is 0.337 e. The third kappa shape index (κ3) is 2.67. The number of pyridine rings is 1. The van der Waals surface area contributed by atoms with Gasteiger partial charge in [-0.2, -0.15) is 10.2 Å². The lowest BCUT2D eigenvalue weighted by atomic mass is 10.1. The van der Waals surface area contributed by atoms with Crippen molar-refractivity contribution in [2.75, 3.05) is 18.4 Å². The van der Waals surface area contributed by atoms with Gasteiger partial charge >= 0.3 is 0 Å². The lowest BCUT2D eigenvalue weighted by molar-refractivity contribution is 0.0778. The molecule has 0 aliphatic carbocycles. The highest BCUT2D eigenvalue weighted by Crippen LogP contribution is 2.27. The molecule has 0 spiro atoms. The van der Waals surface area contributed by atoms with E-state index in [1.165, 1.54) is 4.90 Å². The summed E-state index contributed by atoms with van der Waals surface area (Å²) in [7, 11) is 1.79. The van der Waals surface area contributed by atoms with Crippen LogP contribution in [0.5, 0.6) is 0 Å². The summed E-state index contributed by atoms with van der Waals surface area (Å²) in [5, 5.41) is 15.6. The van der Waals surface area contributed by atoms with Crippen molar-refractivity contribution in [1.29, 1.82) is 0 Å². The zero-order chi connectivity index (χ0) is 19.3. The fourth-order valence-electron chi connectivity index (χ4n) is 3.62. The van der Waals surface area contributed by atoms with E-state index in [0.717, 1.165) is 27.6 Å². The van der Waals surface area contributed by atoms with Crippen LogP contribution in [0.1, 0.15) is 16.9 Å². The lowest BCUT2D eigenvalue weighted by Gasteiger charge is -2.13. The predicted molar refractivity (Wildman–Crippen MR) is 103 cm³/mol. The van der Waals surface area contributed by atoms with Crippen molar-refractivity contribution in [3.05, 3.63) is 42.2 Å². The standard InChI is InChI=1S/C19H18FN7O/c1-26-15-9-12(22-18-17-14(23-24-18)3-2-7-21-17)4-5-13(15)16(25-26)19(28)27-8-6-11(20)10-27/h2-5,7,9,11H,6,8,10H2,1H3,(H2,22,23,24)/t11-/m1/s1. The van der Waals surface area contributed by atoms with Crippen LogP contribution in [-0.2, 0) is 7.05 Å². The molecule has 0 saturated carbocycles. The fourth-order valence-corrected chi connectivity index (χ4v) is 3.62. The minimum absolute atomic E-state index is 0.135. The number of nitrogens with zero attached hydrogens (tertiary/aromatic N) is 5. The molecule has 1 atom stereocenters. The van der Waals surface area contributed by atoms with E-state index in [9.17, 15) is 9.18 Å². The van der Waals surface area contributed by atoms with Crippen LogP contribution < -0.4 is 5.32 Å². The Kier molecular flexibility index (Phi) is 3.75. The van der Waals surface area contributed by atoms with E-state index in [-0.39, 0.29) is 12.5 Å². The molecule has 1 fully saturated rings. The molecule has 3 aromatic heterocycles. The molecule has 4 heterocycles. The van der Waals surface area contributed by atoms with Crippen molar-refractivity contribution < 1.29 is 9.18 Å². The monoisotopic (exact) mass is 379 g/mol. The fraction of sp³-hybridized carbons (Fsp3) is 0.263. The Bertz CT molecular complexity index is 1200. The molecule has 0 unspecified atom stereocenters. The second kappa shape index (κ2) is 6.29. The van der Waals surface area contributed by atoms with Crippen molar-refractivity contribution >= 4 is 39.3 Å². The number of H-pyrrole nitrogens is 1. The van der Waals surface area contributed by atoms with Crippen molar-refractivity contribution in [3.63, 3.8) is 0 Å². The molecule has 142 valence electrons. The van der Waals surface area contributed by atoms with Crippen LogP contribution in [0, 0.1) is 0 Å². The molecular formula is C19H18FN7O. The van der Waals surface area contributed by atoms with Gasteiger partial charge in [0.25, 0.3) is 5.91 Å². The molecule has 28 heavy (non-hydrogen) atoms. The number of carbonyl (C=O) groups excluding carboxylic acids is 1. The van der Waals surface area contributed by atoms with E-state index in [2.05, 4.69) is 25.6 Å². The van der Waals surface area contributed by atoms with Crippen molar-refractivity contribution in [1.82, 2.24) is 29.9 Å². The molecule has 1 saturated heterocycles. The number of aromatic nitrogens is 5. The van der Waals surface area contributed by atoms with Gasteiger partial charge in [-0.05, 0) is 36.8 Å². The number of benzene rings is 1. The molecule has 1 aliphatic rings. The quantitative estimate of drug-likeness (QED) is 0.571. The normalized spacial score (nSPS) is 16.9. The van der Waals surface area contributed by atoms with Gasteiger partial charge in [-0.1, -0.05) is 0 Å². The number of hydrogen-bond acceptors (Lipinski definition) is 5. The highest BCUT2D eigenvalue weighted by molar-refractivity contribution is 6.05. The van der Waals surface area contributed by atoms with E-state index < -0.39 is 6.17 Å². The number of alkyl halides is 1. The maximum atomic E-state index is 13.5. The van der Waals surface area contributed by atoms with Gasteiger partial charge in [-0.25, -0.2) is 4.39 Å². The zero-order valence-electron chi connectivity index (χ0n) is 15.2. The second-order valence-electron chi connectivity index (χ2n) is 6.94. The van der Waals surface area contributed by atoms with Gasteiger partial charge in [0, 0.05) is 30.9 Å². The second-order valence-corrected chi connectivity index (χ2v) is 6.94. The van der Waals surface area contributed by atoms with Crippen molar-refractivity contribution in [2.45, 2.75) is 12.6 Å². The van der Waals surface area contributed by atoms with Gasteiger partial charge in [-0.3, -0.25) is 19.6 Å². The van der Waals surface area contributed by atoms with Gasteiger partial charge in [-0.15, -0.1) is 0 Å². The van der Waals surface area contributed by atoms with E-state index in [4.69, 9.17) is 0 Å². The minimum atomic E-state index is -0.952. The molecule has 8 nitrogen and oxygen atoms in total. The summed E-state index contributed by atoms with van der Waals surface area (Å²) in [5.74, 6) is 0.397. The first-order valence-electron chi connectivity index (χ1n) is 9.06. The number of rotatable bonds is 3. The number of halogens is 1. The van der Waals surface area contributed by atoms with Crippen LogP contribution in [0.15, 0.2) is 36.5 Å². The summed E-state index contributed by atoms with van der Waals surface area (Å²) in [6, 6.07) is 9.37. The first-order valence-corrected chi connectivity index (χ1v) is 9.06. The molecule has 1 aromatic carbocycles. The molecule has 4 aromatic rings. The summed E-state index contributed by atoms with van der Waals surface area (Å²) in [6.07, 6.45) is 1.15. The van der Waals surface area contributed by atoms with Crippen LogP contribution in [0.4, 0.5) is 15.9 Å². The highest BCUT2D eigenvalue weighted by Gasteiger charge is 2.29. The summed E-state index contributed by atoms with van der Waals surface area (Å²) >= 11 is 0. The van der Waals surface area contributed by atoms with Gasteiger partial charge < -0.3 is 10.2 Å². The number of nitrogens with one attached hydrogen (secondary N) is 2. The van der Waals surface area contributed by atoms with Gasteiger partial charge in [0.15, 0.2) is 11.5 Å². The number of carbonyl (C=O) groups is 1. The average Bonchev–Trinajstić information content (AvgIpc) is 3.40. The summed E-state index contributed by atoms with van der Waals surface area (Å²) in [4.78, 5) is 18.6. The molecule has 5 rings (SSSR count). The number of aryl methyl sites for hydroxylation is 1. The molecule has 0 bridgehead atoms. The molecular weight excluding hydrogens is 361 g/mol. The molecule has 2 N–H and O–H groups in total. The van der Waals surface area contributed by atoms with Crippen LogP contribution in [0.2, 0.25) is 0 Å². The average molecular weight is 379 g/mol. The number of amides is 1. The van der Waals surface area contributed by atoms with Crippen molar-refractivity contribution in [3.8, 4) is 0 Å². The van der Waals surface area contributed by atoms with Crippen molar-refractivity contribution in [2.24, 2.45) is 7.05 Å². The Balaban J connectivity index is 1.48. The SMILES string of the molecule is Cn1nc(C(=O)N2CC[C@@H](F)C2)c2ccc(Nc3n[nH]c4cccnc34)cc21. The van der Waals surface area contributed by atoms with Crippen LogP contribution in [0.25, 0.3) is 21.9 Å². The van der Waals surface area contributed by atoms with E-state index >= 15 is 0 Å². The predicted octanol–water partition coefficient (Wildman–Crippen LogP) is 2.77. The summed E-state index contributed by atoms with van der Waals surface area (Å²) < 4.78 is 15.1. The number of fused-ring (bicyclic) bond motifs is 2. The highest BCUT2D eigenvalue weighted by atomic mass is 19.1. The minimum Gasteiger partial charge on any atom is -0.337 e. The van der Waals surface area contributed by atoms with E-state index in [1.54, 1.807) is 17.9 Å². The molecule has 1 aliphatic heterocycles. The third-order valence-electron chi connectivity index (χ3n) is 5.05. The number of aromatic amines is 1. The van der Waals surface area contributed by atoms with Gasteiger partial charge in [0.2, 0.25) is 0 Å². The lowest BCUT2D eigenvalue weighted by Crippen LogP contribution is -2.29. The zero-order valence-corrected chi connectivity index (χ0v) is 15.2. The van der Waals surface area contributed by atoms with E-state index in [1.807, 2.05) is 30.3 Å². The van der Waals surface area contributed by atoms with E-state index in [0.29, 0.717) is 24.5 Å². The third-order valence-corrected chi connectivity index (χ3v) is 5.05. The Morgan fingerprint density at radius 3 is 3.07 bits per heavy atom. The number of likely N-dealkylation sites (tertiary alicyclic amines) is 1. The van der Waals surface area contributed by atoms with Crippen LogP contribution in [0.3, 0.4) is 0 Å².